The summed E-state index contributed by atoms with van der Waals surface area (Å²) in [5.41, 5.74) is 5.98. The van der Waals surface area contributed by atoms with Gasteiger partial charge in [0.2, 0.25) is 5.89 Å². The van der Waals surface area contributed by atoms with E-state index in [-0.39, 0.29) is 5.54 Å². The van der Waals surface area contributed by atoms with Gasteiger partial charge in [-0.05, 0) is 31.6 Å². The second-order valence-corrected chi connectivity index (χ2v) is 4.70. The van der Waals surface area contributed by atoms with Crippen molar-refractivity contribution in [3.05, 3.63) is 11.7 Å². The molecule has 1 saturated carbocycles. The van der Waals surface area contributed by atoms with E-state index < -0.39 is 0 Å². The number of aryl methyl sites for hydroxylation is 1. The van der Waals surface area contributed by atoms with E-state index in [0.717, 1.165) is 38.0 Å². The van der Waals surface area contributed by atoms with E-state index in [9.17, 15) is 0 Å². The number of aromatic nitrogens is 2. The highest BCUT2D eigenvalue weighted by Crippen LogP contribution is 2.35. The van der Waals surface area contributed by atoms with Crippen LogP contribution < -0.4 is 5.73 Å². The Morgan fingerprint density at radius 1 is 1.47 bits per heavy atom. The molecule has 1 fully saturated rings. The molecular formula is C11H19N3O. The fourth-order valence-corrected chi connectivity index (χ4v) is 2.10. The second kappa shape index (κ2) is 3.93. The standard InChI is InChI=1S/C11H19N3O/c1-3-9-13-10(14-15-9)11(12)6-4-8(2)5-7-11/h8H,3-7,12H2,1-2H3. The van der Waals surface area contributed by atoms with Crippen LogP contribution in [0.15, 0.2) is 4.52 Å². The summed E-state index contributed by atoms with van der Waals surface area (Å²) in [5, 5.41) is 4.00. The molecule has 0 saturated heterocycles. The van der Waals surface area contributed by atoms with Gasteiger partial charge in [-0.15, -0.1) is 0 Å². The number of hydrogen-bond donors (Lipinski definition) is 1. The molecule has 0 spiro atoms. The maximum atomic E-state index is 6.33. The quantitative estimate of drug-likeness (QED) is 0.809. The third kappa shape index (κ3) is 2.04. The number of rotatable bonds is 2. The van der Waals surface area contributed by atoms with Gasteiger partial charge in [0, 0.05) is 6.42 Å². The Morgan fingerprint density at radius 3 is 2.67 bits per heavy atom. The summed E-state index contributed by atoms with van der Waals surface area (Å²) in [6, 6.07) is 0. The van der Waals surface area contributed by atoms with Crippen LogP contribution >= 0.6 is 0 Å². The summed E-state index contributed by atoms with van der Waals surface area (Å²) in [4.78, 5) is 4.35. The molecule has 0 atom stereocenters. The molecule has 2 N–H and O–H groups in total. The van der Waals surface area contributed by atoms with Gasteiger partial charge in [0.05, 0.1) is 5.54 Å². The van der Waals surface area contributed by atoms with E-state index in [0.29, 0.717) is 11.7 Å². The third-order valence-electron chi connectivity index (χ3n) is 3.38. The van der Waals surface area contributed by atoms with Crippen LogP contribution in [0.1, 0.15) is 51.2 Å². The Labute approximate surface area is 90.2 Å². The summed E-state index contributed by atoms with van der Waals surface area (Å²) in [7, 11) is 0. The van der Waals surface area contributed by atoms with Gasteiger partial charge in [-0.3, -0.25) is 0 Å². The maximum absolute atomic E-state index is 6.33. The van der Waals surface area contributed by atoms with Crippen molar-refractivity contribution >= 4 is 0 Å². The van der Waals surface area contributed by atoms with E-state index in [1.165, 1.54) is 0 Å². The molecule has 1 aromatic heterocycles. The lowest BCUT2D eigenvalue weighted by Crippen LogP contribution is -2.41. The molecule has 0 aromatic carbocycles. The topological polar surface area (TPSA) is 64.9 Å². The zero-order chi connectivity index (χ0) is 10.9. The molecule has 0 unspecified atom stereocenters. The lowest BCUT2D eigenvalue weighted by atomic mass is 9.77. The molecule has 0 bridgehead atoms. The SMILES string of the molecule is CCc1nc(C2(N)CCC(C)CC2)no1. The van der Waals surface area contributed by atoms with Crippen LogP contribution in [-0.4, -0.2) is 10.1 Å². The number of hydrogen-bond acceptors (Lipinski definition) is 4. The average molecular weight is 209 g/mol. The average Bonchev–Trinajstić information content (AvgIpc) is 2.72. The largest absolute Gasteiger partial charge is 0.339 e. The van der Waals surface area contributed by atoms with Crippen molar-refractivity contribution in [2.75, 3.05) is 0 Å². The molecule has 1 aliphatic rings. The first-order valence-electron chi connectivity index (χ1n) is 5.76. The van der Waals surface area contributed by atoms with Crippen molar-refractivity contribution in [1.82, 2.24) is 10.1 Å². The van der Waals surface area contributed by atoms with Gasteiger partial charge in [0.25, 0.3) is 0 Å². The maximum Gasteiger partial charge on any atom is 0.226 e. The Morgan fingerprint density at radius 2 is 2.13 bits per heavy atom. The Balaban J connectivity index is 2.14. The van der Waals surface area contributed by atoms with Gasteiger partial charge in [-0.1, -0.05) is 19.0 Å². The van der Waals surface area contributed by atoms with Crippen molar-refractivity contribution in [2.24, 2.45) is 11.7 Å². The van der Waals surface area contributed by atoms with Crippen LogP contribution in [0.3, 0.4) is 0 Å². The molecule has 2 rings (SSSR count). The van der Waals surface area contributed by atoms with Crippen molar-refractivity contribution in [3.63, 3.8) is 0 Å². The van der Waals surface area contributed by atoms with Crippen molar-refractivity contribution in [3.8, 4) is 0 Å². The predicted molar refractivity (Wildman–Crippen MR) is 57.2 cm³/mol. The van der Waals surface area contributed by atoms with Crippen molar-refractivity contribution in [2.45, 2.75) is 51.5 Å². The Bertz CT molecular complexity index is 326. The lowest BCUT2D eigenvalue weighted by Gasteiger charge is -2.33. The van der Waals surface area contributed by atoms with Crippen LogP contribution in [0.4, 0.5) is 0 Å². The molecule has 0 aliphatic heterocycles. The van der Waals surface area contributed by atoms with Crippen LogP contribution in [0.5, 0.6) is 0 Å². The molecule has 1 aromatic rings. The smallest absolute Gasteiger partial charge is 0.226 e. The Hall–Kier alpha value is -0.900. The van der Waals surface area contributed by atoms with Crippen LogP contribution in [-0.2, 0) is 12.0 Å². The summed E-state index contributed by atoms with van der Waals surface area (Å²) in [5.74, 6) is 2.17. The summed E-state index contributed by atoms with van der Waals surface area (Å²) >= 11 is 0. The predicted octanol–water partition coefficient (Wildman–Crippen LogP) is 2.00. The van der Waals surface area contributed by atoms with E-state index in [1.54, 1.807) is 0 Å². The fourth-order valence-electron chi connectivity index (χ4n) is 2.10. The molecule has 1 heterocycles. The number of nitrogens with zero attached hydrogens (tertiary/aromatic N) is 2. The van der Waals surface area contributed by atoms with Crippen LogP contribution in [0.25, 0.3) is 0 Å². The summed E-state index contributed by atoms with van der Waals surface area (Å²) < 4.78 is 5.12. The second-order valence-electron chi connectivity index (χ2n) is 4.70. The molecule has 15 heavy (non-hydrogen) atoms. The van der Waals surface area contributed by atoms with E-state index in [4.69, 9.17) is 10.3 Å². The van der Waals surface area contributed by atoms with Crippen LogP contribution in [0, 0.1) is 5.92 Å². The van der Waals surface area contributed by atoms with E-state index in [2.05, 4.69) is 17.1 Å². The lowest BCUT2D eigenvalue weighted by molar-refractivity contribution is 0.230. The minimum atomic E-state index is -0.344. The van der Waals surface area contributed by atoms with Gasteiger partial charge in [0.15, 0.2) is 5.82 Å². The Kier molecular flexibility index (Phi) is 2.78. The molecule has 4 nitrogen and oxygen atoms in total. The zero-order valence-corrected chi connectivity index (χ0v) is 9.49. The van der Waals surface area contributed by atoms with Crippen molar-refractivity contribution in [1.29, 1.82) is 0 Å². The minimum Gasteiger partial charge on any atom is -0.339 e. The molecular weight excluding hydrogens is 190 g/mol. The molecule has 84 valence electrons. The highest BCUT2D eigenvalue weighted by Gasteiger charge is 2.36. The molecule has 4 heteroatoms. The van der Waals surface area contributed by atoms with Gasteiger partial charge in [-0.2, -0.15) is 4.98 Å². The highest BCUT2D eigenvalue weighted by molar-refractivity contribution is 5.05. The minimum absolute atomic E-state index is 0.344. The van der Waals surface area contributed by atoms with Crippen molar-refractivity contribution < 1.29 is 4.52 Å². The molecule has 0 amide bonds. The summed E-state index contributed by atoms with van der Waals surface area (Å²) in [6.45, 7) is 4.27. The molecule has 0 radical (unpaired) electrons. The molecule has 1 aliphatic carbocycles. The third-order valence-corrected chi connectivity index (χ3v) is 3.38. The first-order chi connectivity index (χ1) is 7.14. The number of nitrogens with two attached hydrogens (primary N) is 1. The van der Waals surface area contributed by atoms with Gasteiger partial charge < -0.3 is 10.3 Å². The normalized spacial score (nSPS) is 31.8. The zero-order valence-electron chi connectivity index (χ0n) is 9.49. The monoisotopic (exact) mass is 209 g/mol. The first-order valence-corrected chi connectivity index (χ1v) is 5.76. The highest BCUT2D eigenvalue weighted by atomic mass is 16.5. The first kappa shape index (κ1) is 10.6. The van der Waals surface area contributed by atoms with E-state index >= 15 is 0 Å². The fraction of sp³-hybridized carbons (Fsp3) is 0.818. The van der Waals surface area contributed by atoms with Crippen LogP contribution in [0.2, 0.25) is 0 Å². The van der Waals surface area contributed by atoms with Gasteiger partial charge in [-0.25, -0.2) is 0 Å². The van der Waals surface area contributed by atoms with Gasteiger partial charge >= 0.3 is 0 Å². The summed E-state index contributed by atoms with van der Waals surface area (Å²) in [6.07, 6.45) is 5.03. The van der Waals surface area contributed by atoms with E-state index in [1.807, 2.05) is 6.92 Å². The van der Waals surface area contributed by atoms with Gasteiger partial charge in [0.1, 0.15) is 0 Å².